The number of aliphatic hydroxyl groups excluding tert-OH is 1. The van der Waals surface area contributed by atoms with Crippen LogP contribution in [0.1, 0.15) is 35.6 Å². The van der Waals surface area contributed by atoms with Crippen LogP contribution < -0.4 is 4.74 Å². The van der Waals surface area contributed by atoms with Crippen LogP contribution in [0.3, 0.4) is 0 Å². The highest BCUT2D eigenvalue weighted by molar-refractivity contribution is 6.39. The molecule has 1 rings (SSSR count). The molecule has 1 N–H and O–H groups in total. The van der Waals surface area contributed by atoms with Gasteiger partial charge in [0.1, 0.15) is 11.5 Å². The van der Waals surface area contributed by atoms with E-state index in [-0.39, 0.29) is 5.76 Å². The van der Waals surface area contributed by atoms with Crippen LogP contribution in [0.25, 0.3) is 5.76 Å². The highest BCUT2D eigenvalue weighted by Crippen LogP contribution is 2.31. The van der Waals surface area contributed by atoms with E-state index in [0.717, 1.165) is 42.0 Å². The van der Waals surface area contributed by atoms with Crippen molar-refractivity contribution in [2.24, 2.45) is 0 Å². The van der Waals surface area contributed by atoms with Crippen LogP contribution in [0.15, 0.2) is 12.1 Å². The topological polar surface area (TPSA) is 72.8 Å². The van der Waals surface area contributed by atoms with Crippen LogP contribution in [-0.4, -0.2) is 30.6 Å². The lowest BCUT2D eigenvalue weighted by Gasteiger charge is -2.16. The van der Waals surface area contributed by atoms with Crippen LogP contribution in [0, 0.1) is 20.8 Å². The molecule has 0 unspecified atom stereocenters. The van der Waals surface area contributed by atoms with E-state index in [4.69, 9.17) is 4.74 Å². The van der Waals surface area contributed by atoms with Crippen LogP contribution in [0.5, 0.6) is 5.75 Å². The summed E-state index contributed by atoms with van der Waals surface area (Å²) in [7, 11) is 1.12. The van der Waals surface area contributed by atoms with Gasteiger partial charge >= 0.3 is 5.97 Å². The van der Waals surface area contributed by atoms with Gasteiger partial charge < -0.3 is 14.6 Å². The average molecular weight is 306 g/mol. The number of ketones is 1. The van der Waals surface area contributed by atoms with E-state index in [2.05, 4.69) is 4.74 Å². The zero-order valence-corrected chi connectivity index (χ0v) is 13.6. The Morgan fingerprint density at radius 2 is 1.86 bits per heavy atom. The smallest absolute Gasteiger partial charge is 0.378 e. The van der Waals surface area contributed by atoms with Crippen LogP contribution >= 0.6 is 0 Å². The van der Waals surface area contributed by atoms with Crippen molar-refractivity contribution in [2.45, 2.75) is 34.1 Å². The van der Waals surface area contributed by atoms with Crippen LogP contribution in [-0.2, 0) is 14.3 Å². The first kappa shape index (κ1) is 17.8. The molecule has 5 nitrogen and oxygen atoms in total. The molecular formula is C17H22O5. The zero-order chi connectivity index (χ0) is 16.9. The van der Waals surface area contributed by atoms with Gasteiger partial charge in [-0.25, -0.2) is 4.79 Å². The molecule has 0 aliphatic heterocycles. The summed E-state index contributed by atoms with van der Waals surface area (Å²) < 4.78 is 10.0. The van der Waals surface area contributed by atoms with Gasteiger partial charge in [-0.2, -0.15) is 0 Å². The molecule has 120 valence electrons. The van der Waals surface area contributed by atoms with Gasteiger partial charge in [0.15, 0.2) is 0 Å². The van der Waals surface area contributed by atoms with E-state index >= 15 is 0 Å². The molecule has 5 heteroatoms. The number of hydrogen-bond acceptors (Lipinski definition) is 5. The van der Waals surface area contributed by atoms with Gasteiger partial charge in [-0.05, 0) is 49.9 Å². The Morgan fingerprint density at radius 3 is 2.41 bits per heavy atom. The Kier molecular flexibility index (Phi) is 6.16. The summed E-state index contributed by atoms with van der Waals surface area (Å²) in [6.07, 6.45) is 1.78. The lowest BCUT2D eigenvalue weighted by Crippen LogP contribution is -2.13. The van der Waals surface area contributed by atoms with Crippen molar-refractivity contribution in [2.75, 3.05) is 13.7 Å². The van der Waals surface area contributed by atoms with E-state index in [9.17, 15) is 14.7 Å². The van der Waals surface area contributed by atoms with Gasteiger partial charge in [0.2, 0.25) is 0 Å². The fourth-order valence-electron chi connectivity index (χ4n) is 2.16. The molecule has 0 radical (unpaired) electrons. The summed E-state index contributed by atoms with van der Waals surface area (Å²) in [5, 5.41) is 10.2. The molecule has 1 aromatic carbocycles. The van der Waals surface area contributed by atoms with E-state index in [1.54, 1.807) is 0 Å². The summed E-state index contributed by atoms with van der Waals surface area (Å²) in [5.74, 6) is -1.41. The number of esters is 1. The van der Waals surface area contributed by atoms with E-state index in [0.29, 0.717) is 12.2 Å². The lowest BCUT2D eigenvalue weighted by atomic mass is 9.95. The number of ether oxygens (including phenoxy) is 2. The first-order chi connectivity index (χ1) is 10.3. The maximum absolute atomic E-state index is 11.5. The van der Waals surface area contributed by atoms with Crippen molar-refractivity contribution >= 4 is 17.5 Å². The zero-order valence-electron chi connectivity index (χ0n) is 13.6. The SMILES string of the molecule is CCCOc1cc(C)c(/C(O)=C/C(=O)C(=O)OC)c(C)c1C. The van der Waals surface area contributed by atoms with E-state index in [1.165, 1.54) is 0 Å². The molecule has 1 aromatic rings. The normalized spacial score (nSPS) is 11.2. The number of carbonyl (C=O) groups is 2. The fraction of sp³-hybridized carbons (Fsp3) is 0.412. The van der Waals surface area contributed by atoms with Crippen molar-refractivity contribution in [1.82, 2.24) is 0 Å². The molecule has 0 atom stereocenters. The third-order valence-electron chi connectivity index (χ3n) is 3.42. The second-order valence-electron chi connectivity index (χ2n) is 5.05. The summed E-state index contributed by atoms with van der Waals surface area (Å²) in [4.78, 5) is 22.7. The molecule has 0 aromatic heterocycles. The largest absolute Gasteiger partial charge is 0.507 e. The standard InChI is InChI=1S/C17H22O5/c1-6-7-22-15-8-10(2)16(12(4)11(15)3)13(18)9-14(19)17(20)21-5/h8-9,18H,6-7H2,1-5H3/b13-9-. The third kappa shape index (κ3) is 3.87. The monoisotopic (exact) mass is 306 g/mol. The molecule has 0 spiro atoms. The molecule has 0 saturated heterocycles. The van der Waals surface area contributed by atoms with E-state index < -0.39 is 11.8 Å². The van der Waals surface area contributed by atoms with Crippen molar-refractivity contribution in [3.05, 3.63) is 34.4 Å². The predicted octanol–water partition coefficient (Wildman–Crippen LogP) is 3.04. The Bertz CT molecular complexity index is 614. The third-order valence-corrected chi connectivity index (χ3v) is 3.42. The van der Waals surface area contributed by atoms with Crippen molar-refractivity contribution < 1.29 is 24.2 Å². The minimum atomic E-state index is -1.01. The molecule has 0 amide bonds. The van der Waals surface area contributed by atoms with Crippen molar-refractivity contribution in [1.29, 1.82) is 0 Å². The highest BCUT2D eigenvalue weighted by Gasteiger charge is 2.17. The molecular weight excluding hydrogens is 284 g/mol. The van der Waals surface area contributed by atoms with Gasteiger partial charge in [0, 0.05) is 11.6 Å². The van der Waals surface area contributed by atoms with Crippen LogP contribution in [0.4, 0.5) is 0 Å². The van der Waals surface area contributed by atoms with Crippen LogP contribution in [0.2, 0.25) is 0 Å². The summed E-state index contributed by atoms with van der Waals surface area (Å²) >= 11 is 0. The maximum atomic E-state index is 11.5. The lowest BCUT2D eigenvalue weighted by molar-refractivity contribution is -0.149. The average Bonchev–Trinajstić information content (AvgIpc) is 2.48. The van der Waals surface area contributed by atoms with E-state index in [1.807, 2.05) is 33.8 Å². The Morgan fingerprint density at radius 1 is 1.23 bits per heavy atom. The molecule has 0 aliphatic carbocycles. The number of aliphatic hydroxyl groups is 1. The number of methoxy groups -OCH3 is 1. The Balaban J connectivity index is 3.26. The number of aryl methyl sites for hydroxylation is 1. The quantitative estimate of drug-likeness (QED) is 0.378. The summed E-state index contributed by atoms with van der Waals surface area (Å²) in [6, 6.07) is 1.82. The predicted molar refractivity (Wildman–Crippen MR) is 84.1 cm³/mol. The Labute approximate surface area is 130 Å². The van der Waals surface area contributed by atoms with Gasteiger partial charge in [-0.3, -0.25) is 4.79 Å². The molecule has 0 fully saturated rings. The number of carbonyl (C=O) groups excluding carboxylic acids is 2. The molecule has 22 heavy (non-hydrogen) atoms. The minimum absolute atomic E-state index is 0.254. The Hall–Kier alpha value is -2.30. The number of benzene rings is 1. The fourth-order valence-corrected chi connectivity index (χ4v) is 2.16. The number of hydrogen-bond donors (Lipinski definition) is 1. The minimum Gasteiger partial charge on any atom is -0.507 e. The number of rotatable bonds is 6. The van der Waals surface area contributed by atoms with Crippen molar-refractivity contribution in [3.63, 3.8) is 0 Å². The first-order valence-electron chi connectivity index (χ1n) is 7.10. The molecule has 0 aliphatic rings. The molecule has 0 heterocycles. The first-order valence-corrected chi connectivity index (χ1v) is 7.10. The molecule has 0 saturated carbocycles. The van der Waals surface area contributed by atoms with Gasteiger partial charge in [-0.1, -0.05) is 6.92 Å². The van der Waals surface area contributed by atoms with Crippen molar-refractivity contribution in [3.8, 4) is 5.75 Å². The maximum Gasteiger partial charge on any atom is 0.378 e. The molecule has 0 bridgehead atoms. The summed E-state index contributed by atoms with van der Waals surface area (Å²) in [5.41, 5.74) is 2.98. The summed E-state index contributed by atoms with van der Waals surface area (Å²) in [6.45, 7) is 8.17. The van der Waals surface area contributed by atoms with Gasteiger partial charge in [0.05, 0.1) is 13.7 Å². The highest BCUT2D eigenvalue weighted by atomic mass is 16.5. The second-order valence-corrected chi connectivity index (χ2v) is 5.05. The second kappa shape index (κ2) is 7.64. The van der Waals surface area contributed by atoms with Gasteiger partial charge in [-0.15, -0.1) is 0 Å². The van der Waals surface area contributed by atoms with Gasteiger partial charge in [0.25, 0.3) is 5.78 Å².